The summed E-state index contributed by atoms with van der Waals surface area (Å²) in [7, 11) is 0. The number of fused-ring (bicyclic) bond motifs is 1. The molecule has 0 N–H and O–H groups in total. The molecule has 0 spiro atoms. The molecule has 0 saturated carbocycles. The molecular formula is C30H33N3O3. The average Bonchev–Trinajstić information content (AvgIpc) is 3.48. The number of aryl methyl sites for hydroxylation is 2. The van der Waals surface area contributed by atoms with Crippen molar-refractivity contribution < 1.29 is 14.3 Å². The zero-order valence-electron chi connectivity index (χ0n) is 21.0. The molecule has 0 aliphatic carbocycles. The fourth-order valence-corrected chi connectivity index (χ4v) is 4.95. The Hall–Kier alpha value is -3.80. The lowest BCUT2D eigenvalue weighted by molar-refractivity contribution is -0.117. The number of carbonyl (C=O) groups excluding carboxylic acids is 1. The van der Waals surface area contributed by atoms with Crippen LogP contribution in [0.2, 0.25) is 0 Å². The Morgan fingerprint density at radius 3 is 2.53 bits per heavy atom. The van der Waals surface area contributed by atoms with Gasteiger partial charge in [-0.15, -0.1) is 0 Å². The van der Waals surface area contributed by atoms with E-state index in [-0.39, 0.29) is 11.8 Å². The van der Waals surface area contributed by atoms with E-state index < -0.39 is 0 Å². The molecule has 1 amide bonds. The van der Waals surface area contributed by atoms with Gasteiger partial charge < -0.3 is 18.9 Å². The van der Waals surface area contributed by atoms with Gasteiger partial charge in [0.05, 0.1) is 29.9 Å². The Labute approximate surface area is 212 Å². The van der Waals surface area contributed by atoms with Crippen LogP contribution in [0.4, 0.5) is 5.69 Å². The van der Waals surface area contributed by atoms with Crippen LogP contribution >= 0.6 is 0 Å². The van der Waals surface area contributed by atoms with Crippen LogP contribution in [0, 0.1) is 0 Å². The lowest BCUT2D eigenvalue weighted by atomic mass is 10.1. The highest BCUT2D eigenvalue weighted by Crippen LogP contribution is 2.37. The van der Waals surface area contributed by atoms with Gasteiger partial charge in [-0.05, 0) is 61.7 Å². The first-order valence-electron chi connectivity index (χ1n) is 12.9. The van der Waals surface area contributed by atoms with E-state index >= 15 is 0 Å². The number of benzene rings is 3. The van der Waals surface area contributed by atoms with Crippen molar-refractivity contribution in [3.63, 3.8) is 0 Å². The van der Waals surface area contributed by atoms with Gasteiger partial charge in [-0.25, -0.2) is 4.98 Å². The van der Waals surface area contributed by atoms with Crippen LogP contribution in [0.25, 0.3) is 11.0 Å². The number of nitrogens with zero attached hydrogens (tertiary/aromatic N) is 3. The Morgan fingerprint density at radius 1 is 0.944 bits per heavy atom. The Morgan fingerprint density at radius 2 is 1.72 bits per heavy atom. The van der Waals surface area contributed by atoms with Gasteiger partial charge in [0.15, 0.2) is 0 Å². The molecule has 1 atom stereocenters. The minimum absolute atomic E-state index is 0.0158. The van der Waals surface area contributed by atoms with E-state index in [0.717, 1.165) is 53.4 Å². The van der Waals surface area contributed by atoms with Crippen molar-refractivity contribution in [3.8, 4) is 11.5 Å². The number of para-hydroxylation sites is 4. The monoisotopic (exact) mass is 483 g/mol. The number of hydrogen-bond donors (Lipinski definition) is 0. The van der Waals surface area contributed by atoms with Gasteiger partial charge in [-0.1, -0.05) is 43.3 Å². The fourth-order valence-electron chi connectivity index (χ4n) is 4.95. The van der Waals surface area contributed by atoms with E-state index in [2.05, 4.69) is 29.7 Å². The maximum Gasteiger partial charge on any atom is 0.227 e. The minimum Gasteiger partial charge on any atom is -0.494 e. The molecule has 3 aromatic carbocycles. The summed E-state index contributed by atoms with van der Waals surface area (Å²) >= 11 is 0. The molecule has 6 nitrogen and oxygen atoms in total. The molecule has 5 rings (SSSR count). The number of carbonyl (C=O) groups is 1. The minimum atomic E-state index is 0.0158. The molecule has 4 aromatic rings. The molecule has 0 bridgehead atoms. The second-order valence-electron chi connectivity index (χ2n) is 9.12. The topological polar surface area (TPSA) is 56.6 Å². The molecule has 1 aliphatic rings. The zero-order valence-corrected chi connectivity index (χ0v) is 21.0. The van der Waals surface area contributed by atoms with Crippen LogP contribution in [-0.2, 0) is 17.8 Å². The molecule has 186 valence electrons. The third kappa shape index (κ3) is 4.94. The van der Waals surface area contributed by atoms with Crippen LogP contribution in [-0.4, -0.2) is 35.2 Å². The number of rotatable bonds is 10. The normalized spacial score (nSPS) is 15.6. The quantitative estimate of drug-likeness (QED) is 0.260. The Bertz CT molecular complexity index is 1330. The molecule has 1 fully saturated rings. The molecule has 1 aliphatic heterocycles. The summed E-state index contributed by atoms with van der Waals surface area (Å²) in [5.74, 6) is 2.72. The average molecular weight is 484 g/mol. The van der Waals surface area contributed by atoms with Gasteiger partial charge in [0, 0.05) is 25.4 Å². The van der Waals surface area contributed by atoms with Crippen molar-refractivity contribution in [2.24, 2.45) is 0 Å². The van der Waals surface area contributed by atoms with E-state index in [9.17, 15) is 4.79 Å². The van der Waals surface area contributed by atoms with Gasteiger partial charge in [0.1, 0.15) is 17.3 Å². The number of imidazole rings is 1. The van der Waals surface area contributed by atoms with Crippen LogP contribution in [0.1, 0.15) is 44.0 Å². The Balaban J connectivity index is 1.33. The standard InChI is InChI=1S/C30H33N3O3/c1-3-22-14-16-24(17-15-22)36-19-9-18-32-26-11-6-5-10-25(26)31-30(32)23-20-29(34)33(21-23)27-12-7-8-13-28(27)35-4-2/h5-8,10-17,23H,3-4,9,18-21H2,1-2H3. The van der Waals surface area contributed by atoms with E-state index in [1.165, 1.54) is 5.56 Å². The third-order valence-electron chi connectivity index (χ3n) is 6.76. The van der Waals surface area contributed by atoms with Gasteiger partial charge in [-0.2, -0.15) is 0 Å². The van der Waals surface area contributed by atoms with Crippen LogP contribution in [0.15, 0.2) is 72.8 Å². The van der Waals surface area contributed by atoms with Gasteiger partial charge in [0.2, 0.25) is 5.91 Å². The summed E-state index contributed by atoms with van der Waals surface area (Å²) in [4.78, 5) is 20.0. The number of anilines is 1. The molecule has 1 unspecified atom stereocenters. The van der Waals surface area contributed by atoms with Crippen LogP contribution in [0.3, 0.4) is 0 Å². The first-order chi connectivity index (χ1) is 17.7. The number of hydrogen-bond acceptors (Lipinski definition) is 4. The summed E-state index contributed by atoms with van der Waals surface area (Å²) in [6.45, 7) is 6.66. The van der Waals surface area contributed by atoms with Crippen molar-refractivity contribution in [2.75, 3.05) is 24.7 Å². The summed E-state index contributed by atoms with van der Waals surface area (Å²) in [6.07, 6.45) is 2.31. The van der Waals surface area contributed by atoms with Crippen molar-refractivity contribution >= 4 is 22.6 Å². The molecule has 1 saturated heterocycles. The van der Waals surface area contributed by atoms with E-state index in [0.29, 0.717) is 26.2 Å². The lowest BCUT2D eigenvalue weighted by Crippen LogP contribution is -2.25. The summed E-state index contributed by atoms with van der Waals surface area (Å²) in [5, 5.41) is 0. The van der Waals surface area contributed by atoms with Crippen molar-refractivity contribution in [1.82, 2.24) is 9.55 Å². The molecule has 2 heterocycles. The molecular weight excluding hydrogens is 450 g/mol. The summed E-state index contributed by atoms with van der Waals surface area (Å²) in [5.41, 5.74) is 4.20. The van der Waals surface area contributed by atoms with Gasteiger partial charge in [-0.3, -0.25) is 4.79 Å². The number of amides is 1. The van der Waals surface area contributed by atoms with Crippen molar-refractivity contribution in [1.29, 1.82) is 0 Å². The first-order valence-corrected chi connectivity index (χ1v) is 12.9. The SMILES string of the molecule is CCOc1ccccc1N1CC(c2nc3ccccc3n2CCCOc2ccc(CC)cc2)CC1=O. The number of aromatic nitrogens is 2. The third-order valence-corrected chi connectivity index (χ3v) is 6.76. The number of ether oxygens (including phenoxy) is 2. The summed E-state index contributed by atoms with van der Waals surface area (Å²) < 4.78 is 14.1. The zero-order chi connectivity index (χ0) is 24.9. The highest BCUT2D eigenvalue weighted by Gasteiger charge is 2.35. The molecule has 6 heteroatoms. The largest absolute Gasteiger partial charge is 0.494 e. The highest BCUT2D eigenvalue weighted by atomic mass is 16.5. The van der Waals surface area contributed by atoms with Crippen LogP contribution < -0.4 is 14.4 Å². The fraction of sp³-hybridized carbons (Fsp3) is 0.333. The maximum absolute atomic E-state index is 13.1. The highest BCUT2D eigenvalue weighted by molar-refractivity contribution is 5.97. The first kappa shape index (κ1) is 23.9. The predicted octanol–water partition coefficient (Wildman–Crippen LogP) is 5.99. The van der Waals surface area contributed by atoms with Crippen LogP contribution in [0.5, 0.6) is 11.5 Å². The van der Waals surface area contributed by atoms with Crippen molar-refractivity contribution in [3.05, 3.63) is 84.2 Å². The van der Waals surface area contributed by atoms with Crippen molar-refractivity contribution in [2.45, 2.75) is 45.6 Å². The maximum atomic E-state index is 13.1. The second kappa shape index (κ2) is 10.9. The molecule has 1 aromatic heterocycles. The second-order valence-corrected chi connectivity index (χ2v) is 9.12. The van der Waals surface area contributed by atoms with E-state index in [1.807, 2.05) is 66.4 Å². The smallest absolute Gasteiger partial charge is 0.227 e. The molecule has 0 radical (unpaired) electrons. The van der Waals surface area contributed by atoms with E-state index in [1.54, 1.807) is 0 Å². The lowest BCUT2D eigenvalue weighted by Gasteiger charge is -2.20. The van der Waals surface area contributed by atoms with E-state index in [4.69, 9.17) is 14.5 Å². The predicted molar refractivity (Wildman–Crippen MR) is 143 cm³/mol. The molecule has 36 heavy (non-hydrogen) atoms. The summed E-state index contributed by atoms with van der Waals surface area (Å²) in [6, 6.07) is 24.3. The van der Waals surface area contributed by atoms with Gasteiger partial charge in [0.25, 0.3) is 0 Å². The van der Waals surface area contributed by atoms with Gasteiger partial charge >= 0.3 is 0 Å². The Kier molecular flexibility index (Phi) is 7.21.